The first kappa shape index (κ1) is 16.2. The molecule has 1 unspecified atom stereocenters. The van der Waals surface area contributed by atoms with Crippen LogP contribution in [0.1, 0.15) is 54.9 Å². The molecular weight excluding hydrogens is 276 g/mol. The van der Waals surface area contributed by atoms with E-state index in [9.17, 15) is 0 Å². The van der Waals surface area contributed by atoms with E-state index in [0.29, 0.717) is 6.04 Å². The maximum absolute atomic E-state index is 4.53. The molecule has 2 rings (SSSR count). The third kappa shape index (κ3) is 5.60. The monoisotopic (exact) mass is 302 g/mol. The van der Waals surface area contributed by atoms with Gasteiger partial charge in [0, 0.05) is 24.4 Å². The number of nitrogens with one attached hydrogen (secondary N) is 1. The summed E-state index contributed by atoms with van der Waals surface area (Å²) in [6.07, 6.45) is 6.12. The summed E-state index contributed by atoms with van der Waals surface area (Å²) in [6, 6.07) is 11.3. The van der Waals surface area contributed by atoms with Gasteiger partial charge in [-0.15, -0.1) is 11.3 Å². The van der Waals surface area contributed by atoms with Gasteiger partial charge in [-0.25, -0.2) is 4.98 Å². The number of unbranched alkanes of at least 4 members (excludes halogenated alkanes) is 2. The molecule has 2 nitrogen and oxygen atoms in total. The molecule has 1 heterocycles. The first-order chi connectivity index (χ1) is 10.3. The predicted octanol–water partition coefficient (Wildman–Crippen LogP) is 4.91. The van der Waals surface area contributed by atoms with Crippen LogP contribution in [0.3, 0.4) is 0 Å². The average molecular weight is 302 g/mol. The fraction of sp³-hybridized carbons (Fsp3) is 0.500. The molecule has 1 aromatic carbocycles. The molecule has 0 aliphatic heterocycles. The molecule has 3 heteroatoms. The lowest BCUT2D eigenvalue weighted by Crippen LogP contribution is -2.24. The summed E-state index contributed by atoms with van der Waals surface area (Å²) >= 11 is 1.74. The number of hydrogen-bond donors (Lipinski definition) is 1. The lowest BCUT2D eigenvalue weighted by Gasteiger charge is -2.19. The van der Waals surface area contributed by atoms with E-state index >= 15 is 0 Å². The van der Waals surface area contributed by atoms with Crippen LogP contribution in [0, 0.1) is 6.92 Å². The van der Waals surface area contributed by atoms with Gasteiger partial charge in [0.15, 0.2) is 0 Å². The van der Waals surface area contributed by atoms with Gasteiger partial charge >= 0.3 is 0 Å². The quantitative estimate of drug-likeness (QED) is 0.666. The van der Waals surface area contributed by atoms with Gasteiger partial charge < -0.3 is 5.32 Å². The number of aromatic nitrogens is 1. The van der Waals surface area contributed by atoms with Gasteiger partial charge in [-0.2, -0.15) is 0 Å². The Balaban J connectivity index is 1.86. The Hall–Kier alpha value is -1.19. The molecule has 1 N–H and O–H groups in total. The van der Waals surface area contributed by atoms with Gasteiger partial charge in [0.25, 0.3) is 0 Å². The van der Waals surface area contributed by atoms with Crippen LogP contribution in [0.4, 0.5) is 0 Å². The van der Waals surface area contributed by atoms with Crippen LogP contribution in [0.25, 0.3) is 0 Å². The summed E-state index contributed by atoms with van der Waals surface area (Å²) in [5, 5.41) is 7.05. The van der Waals surface area contributed by atoms with Gasteiger partial charge in [0.2, 0.25) is 0 Å². The van der Waals surface area contributed by atoms with Gasteiger partial charge in [0.05, 0.1) is 10.7 Å². The molecule has 0 saturated carbocycles. The van der Waals surface area contributed by atoms with E-state index in [0.717, 1.165) is 18.0 Å². The normalized spacial score (nSPS) is 12.5. The van der Waals surface area contributed by atoms with Gasteiger partial charge in [0.1, 0.15) is 0 Å². The minimum Gasteiger partial charge on any atom is -0.310 e. The van der Waals surface area contributed by atoms with Crippen LogP contribution >= 0.6 is 11.3 Å². The van der Waals surface area contributed by atoms with Gasteiger partial charge in [-0.05, 0) is 18.9 Å². The molecule has 0 amide bonds. The summed E-state index contributed by atoms with van der Waals surface area (Å²) in [4.78, 5) is 4.53. The van der Waals surface area contributed by atoms with E-state index in [1.54, 1.807) is 11.3 Å². The Morgan fingerprint density at radius 3 is 2.67 bits per heavy atom. The summed E-state index contributed by atoms with van der Waals surface area (Å²) in [6.45, 7) is 5.32. The fourth-order valence-electron chi connectivity index (χ4n) is 2.57. The predicted molar refractivity (Wildman–Crippen MR) is 91.9 cm³/mol. The molecule has 1 atom stereocenters. The first-order valence-electron chi connectivity index (χ1n) is 7.99. The molecule has 0 fully saturated rings. The second kappa shape index (κ2) is 8.96. The van der Waals surface area contributed by atoms with Crippen molar-refractivity contribution in [3.05, 3.63) is 52.0 Å². The van der Waals surface area contributed by atoms with Crippen molar-refractivity contribution in [1.82, 2.24) is 10.3 Å². The molecule has 21 heavy (non-hydrogen) atoms. The Morgan fingerprint density at radius 2 is 2.00 bits per heavy atom. The summed E-state index contributed by atoms with van der Waals surface area (Å²) < 4.78 is 0. The van der Waals surface area contributed by atoms with Crippen LogP contribution in [0.2, 0.25) is 0 Å². The Kier molecular flexibility index (Phi) is 6.90. The minimum absolute atomic E-state index is 0.470. The van der Waals surface area contributed by atoms with Crippen molar-refractivity contribution in [3.63, 3.8) is 0 Å². The van der Waals surface area contributed by atoms with Crippen molar-refractivity contribution in [2.24, 2.45) is 0 Å². The van der Waals surface area contributed by atoms with E-state index < -0.39 is 0 Å². The number of rotatable bonds is 9. The van der Waals surface area contributed by atoms with Crippen molar-refractivity contribution >= 4 is 11.3 Å². The smallest absolute Gasteiger partial charge is 0.0897 e. The molecular formula is C18H26N2S. The SMILES string of the molecule is CCCCCC(NCCc1csc(C)n1)c1ccccc1. The van der Waals surface area contributed by atoms with Crippen molar-refractivity contribution in [2.45, 2.75) is 52.0 Å². The van der Waals surface area contributed by atoms with Crippen molar-refractivity contribution in [3.8, 4) is 0 Å². The summed E-state index contributed by atoms with van der Waals surface area (Å²) in [5.41, 5.74) is 2.62. The summed E-state index contributed by atoms with van der Waals surface area (Å²) in [7, 11) is 0. The lowest BCUT2D eigenvalue weighted by atomic mass is 10.0. The van der Waals surface area contributed by atoms with Crippen LogP contribution in [0.15, 0.2) is 35.7 Å². The van der Waals surface area contributed by atoms with Crippen LogP contribution < -0.4 is 5.32 Å². The maximum atomic E-state index is 4.53. The van der Waals surface area contributed by atoms with Crippen LogP contribution in [-0.4, -0.2) is 11.5 Å². The second-order valence-electron chi connectivity index (χ2n) is 5.52. The number of thiazole rings is 1. The highest BCUT2D eigenvalue weighted by Gasteiger charge is 2.10. The fourth-order valence-corrected chi connectivity index (χ4v) is 3.22. The standard InChI is InChI=1S/C18H26N2S/c1-3-4-6-11-18(16-9-7-5-8-10-16)19-13-12-17-14-21-15(2)20-17/h5,7-10,14,18-19H,3-4,6,11-13H2,1-2H3. The van der Waals surface area contributed by atoms with E-state index in [2.05, 4.69) is 59.9 Å². The van der Waals surface area contributed by atoms with E-state index in [4.69, 9.17) is 0 Å². The molecule has 114 valence electrons. The van der Waals surface area contributed by atoms with Crippen molar-refractivity contribution in [1.29, 1.82) is 0 Å². The Labute approximate surface area is 132 Å². The average Bonchev–Trinajstić information content (AvgIpc) is 2.92. The Morgan fingerprint density at radius 1 is 1.19 bits per heavy atom. The molecule has 0 radical (unpaired) electrons. The number of nitrogens with zero attached hydrogens (tertiary/aromatic N) is 1. The number of hydrogen-bond acceptors (Lipinski definition) is 3. The second-order valence-corrected chi connectivity index (χ2v) is 6.58. The minimum atomic E-state index is 0.470. The van der Waals surface area contributed by atoms with E-state index in [1.165, 1.54) is 36.9 Å². The van der Waals surface area contributed by atoms with Crippen molar-refractivity contribution in [2.75, 3.05) is 6.54 Å². The molecule has 0 aliphatic rings. The lowest BCUT2D eigenvalue weighted by molar-refractivity contribution is 0.476. The van der Waals surface area contributed by atoms with Crippen molar-refractivity contribution < 1.29 is 0 Å². The van der Waals surface area contributed by atoms with Gasteiger partial charge in [-0.1, -0.05) is 56.5 Å². The van der Waals surface area contributed by atoms with Crippen LogP contribution in [-0.2, 0) is 6.42 Å². The van der Waals surface area contributed by atoms with E-state index in [1.807, 2.05) is 0 Å². The zero-order valence-electron chi connectivity index (χ0n) is 13.1. The zero-order chi connectivity index (χ0) is 14.9. The topological polar surface area (TPSA) is 24.9 Å². The number of benzene rings is 1. The number of aryl methyl sites for hydroxylation is 1. The van der Waals surface area contributed by atoms with E-state index in [-0.39, 0.29) is 0 Å². The third-order valence-electron chi connectivity index (χ3n) is 3.74. The molecule has 1 aromatic heterocycles. The van der Waals surface area contributed by atoms with Gasteiger partial charge in [-0.3, -0.25) is 0 Å². The molecule has 0 saturated heterocycles. The molecule has 0 aliphatic carbocycles. The highest BCUT2D eigenvalue weighted by molar-refractivity contribution is 7.09. The maximum Gasteiger partial charge on any atom is 0.0897 e. The first-order valence-corrected chi connectivity index (χ1v) is 8.87. The highest BCUT2D eigenvalue weighted by atomic mass is 32.1. The van der Waals surface area contributed by atoms with Crippen LogP contribution in [0.5, 0.6) is 0 Å². The highest BCUT2D eigenvalue weighted by Crippen LogP contribution is 2.20. The summed E-state index contributed by atoms with van der Waals surface area (Å²) in [5.74, 6) is 0. The molecule has 0 bridgehead atoms. The third-order valence-corrected chi connectivity index (χ3v) is 4.56. The largest absolute Gasteiger partial charge is 0.310 e. The zero-order valence-corrected chi connectivity index (χ0v) is 14.0. The molecule has 0 spiro atoms. The molecule has 2 aromatic rings. The Bertz CT molecular complexity index is 507.